The summed E-state index contributed by atoms with van der Waals surface area (Å²) in [4.78, 5) is 4.81. The summed E-state index contributed by atoms with van der Waals surface area (Å²) in [7, 11) is 0. The molecule has 1 saturated carbocycles. The molecule has 2 N–H and O–H groups in total. The number of rotatable bonds is 3. The lowest BCUT2D eigenvalue weighted by Gasteiger charge is -2.44. The average Bonchev–Trinajstić information content (AvgIpc) is 2.70. The van der Waals surface area contributed by atoms with Crippen LogP contribution in [-0.2, 0) is 6.54 Å². The van der Waals surface area contributed by atoms with E-state index in [1.807, 2.05) is 12.1 Å². The average molecular weight is 351 g/mol. The third-order valence-corrected chi connectivity index (χ3v) is 5.78. The first-order valence-electron chi connectivity index (χ1n) is 9.58. The molecule has 2 aromatic rings. The number of hydrogen-bond acceptors (Lipinski definition) is 3. The topological polar surface area (TPSA) is 36.4 Å². The lowest BCUT2D eigenvalue weighted by Crippen LogP contribution is -2.61. The molecule has 1 heterocycles. The molecule has 4 heteroatoms. The quantitative estimate of drug-likeness (QED) is 0.876. The maximum Gasteiger partial charge on any atom is 0.123 e. The Balaban J connectivity index is 1.42. The van der Waals surface area contributed by atoms with Gasteiger partial charge in [0.2, 0.25) is 0 Å². The van der Waals surface area contributed by atoms with Gasteiger partial charge in [0.1, 0.15) is 11.7 Å². The molecule has 2 aromatic carbocycles. The van der Waals surface area contributed by atoms with Crippen LogP contribution in [0, 0.1) is 5.82 Å². The predicted molar refractivity (Wildman–Crippen MR) is 104 cm³/mol. The van der Waals surface area contributed by atoms with E-state index in [0.29, 0.717) is 12.5 Å². The molecule has 0 atom stereocenters. The Morgan fingerprint density at radius 3 is 2.50 bits per heavy atom. The predicted octanol–water partition coefficient (Wildman–Crippen LogP) is 4.01. The summed E-state index contributed by atoms with van der Waals surface area (Å²) in [5.74, 6) is 1.53. The van der Waals surface area contributed by atoms with Gasteiger partial charge >= 0.3 is 0 Å². The van der Waals surface area contributed by atoms with Crippen LogP contribution in [0.25, 0.3) is 0 Å². The molecule has 1 spiro atoms. The highest BCUT2D eigenvalue weighted by molar-refractivity contribution is 5.92. The van der Waals surface area contributed by atoms with Crippen LogP contribution < -0.4 is 10.6 Å². The number of benzene rings is 2. The summed E-state index contributed by atoms with van der Waals surface area (Å²) in [6.07, 6.45) is 4.55. The molecule has 0 amide bonds. The van der Waals surface area contributed by atoms with Crippen molar-refractivity contribution in [2.24, 2.45) is 4.99 Å². The Kier molecular flexibility index (Phi) is 5.02. The van der Waals surface area contributed by atoms with Crippen molar-refractivity contribution >= 4 is 5.84 Å². The van der Waals surface area contributed by atoms with E-state index >= 15 is 0 Å². The molecule has 136 valence electrons. The molecular formula is C22H26FN3. The summed E-state index contributed by atoms with van der Waals surface area (Å²) in [5, 5.41) is 7.29. The highest BCUT2D eigenvalue weighted by Crippen LogP contribution is 2.39. The molecule has 1 aliphatic carbocycles. The van der Waals surface area contributed by atoms with Crippen LogP contribution >= 0.6 is 0 Å². The second kappa shape index (κ2) is 7.58. The Morgan fingerprint density at radius 1 is 1.04 bits per heavy atom. The zero-order valence-electron chi connectivity index (χ0n) is 15.0. The molecule has 2 aliphatic rings. The van der Waals surface area contributed by atoms with Gasteiger partial charge in [-0.1, -0.05) is 42.5 Å². The molecule has 0 saturated heterocycles. The maximum atomic E-state index is 13.1. The minimum atomic E-state index is -0.193. The highest BCUT2D eigenvalue weighted by Gasteiger charge is 2.41. The molecule has 26 heavy (non-hydrogen) atoms. The summed E-state index contributed by atoms with van der Waals surface area (Å²) in [6.45, 7) is 2.44. The minimum absolute atomic E-state index is 0.0242. The second-order valence-electron chi connectivity index (χ2n) is 7.40. The number of halogens is 1. The van der Waals surface area contributed by atoms with Gasteiger partial charge in [0, 0.05) is 13.1 Å². The first-order valence-corrected chi connectivity index (χ1v) is 9.58. The summed E-state index contributed by atoms with van der Waals surface area (Å²) < 4.78 is 13.1. The third kappa shape index (κ3) is 3.65. The van der Waals surface area contributed by atoms with Crippen LogP contribution in [0.5, 0.6) is 0 Å². The summed E-state index contributed by atoms with van der Waals surface area (Å²) in [5.41, 5.74) is 2.51. The fourth-order valence-electron chi connectivity index (χ4n) is 4.29. The van der Waals surface area contributed by atoms with Crippen LogP contribution in [0.15, 0.2) is 59.6 Å². The van der Waals surface area contributed by atoms with Gasteiger partial charge in [0.05, 0.1) is 12.1 Å². The molecule has 1 aliphatic heterocycles. The van der Waals surface area contributed by atoms with E-state index in [1.54, 1.807) is 0 Å². The Bertz CT molecular complexity index is 747. The Morgan fingerprint density at radius 2 is 1.77 bits per heavy atom. The number of amidine groups is 1. The van der Waals surface area contributed by atoms with Gasteiger partial charge in [0.15, 0.2) is 0 Å². The molecule has 0 aromatic heterocycles. The van der Waals surface area contributed by atoms with E-state index in [-0.39, 0.29) is 11.4 Å². The van der Waals surface area contributed by atoms with Crippen molar-refractivity contribution in [3.8, 4) is 0 Å². The van der Waals surface area contributed by atoms with Gasteiger partial charge < -0.3 is 10.6 Å². The van der Waals surface area contributed by atoms with Crippen molar-refractivity contribution < 1.29 is 4.39 Å². The van der Waals surface area contributed by atoms with Crippen molar-refractivity contribution in [3.63, 3.8) is 0 Å². The SMILES string of the molecule is Fc1ccc(CNC2=NCCNC23CCC(c2ccccc2)CC3)cc1. The van der Waals surface area contributed by atoms with Crippen LogP contribution in [0.3, 0.4) is 0 Å². The van der Waals surface area contributed by atoms with Crippen molar-refractivity contribution in [3.05, 3.63) is 71.5 Å². The third-order valence-electron chi connectivity index (χ3n) is 5.78. The standard InChI is InChI=1S/C22H26FN3/c23-20-8-6-17(7-9-20)16-25-21-22(26-15-14-24-21)12-10-19(11-13-22)18-4-2-1-3-5-18/h1-9,19,26H,10-16H2,(H,24,25). The van der Waals surface area contributed by atoms with Crippen LogP contribution in [0.4, 0.5) is 4.39 Å². The van der Waals surface area contributed by atoms with E-state index in [2.05, 4.69) is 41.0 Å². The Hall–Kier alpha value is -2.20. The summed E-state index contributed by atoms with van der Waals surface area (Å²) >= 11 is 0. The molecule has 1 fully saturated rings. The summed E-state index contributed by atoms with van der Waals surface area (Å²) in [6, 6.07) is 17.5. The van der Waals surface area contributed by atoms with Gasteiger partial charge in [-0.25, -0.2) is 4.39 Å². The van der Waals surface area contributed by atoms with Crippen LogP contribution in [-0.4, -0.2) is 24.5 Å². The first kappa shape index (κ1) is 17.2. The fourth-order valence-corrected chi connectivity index (χ4v) is 4.29. The second-order valence-corrected chi connectivity index (χ2v) is 7.40. The van der Waals surface area contributed by atoms with Gasteiger partial charge in [-0.15, -0.1) is 0 Å². The largest absolute Gasteiger partial charge is 0.368 e. The van der Waals surface area contributed by atoms with Crippen molar-refractivity contribution in [1.29, 1.82) is 0 Å². The molecule has 0 bridgehead atoms. The smallest absolute Gasteiger partial charge is 0.123 e. The van der Waals surface area contributed by atoms with Crippen LogP contribution in [0.1, 0.15) is 42.7 Å². The lowest BCUT2D eigenvalue weighted by molar-refractivity contribution is 0.276. The molecule has 0 radical (unpaired) electrons. The maximum absolute atomic E-state index is 13.1. The van der Waals surface area contributed by atoms with Crippen molar-refractivity contribution in [2.75, 3.05) is 13.1 Å². The van der Waals surface area contributed by atoms with Gasteiger partial charge in [-0.3, -0.25) is 4.99 Å². The molecular weight excluding hydrogens is 325 g/mol. The molecule has 3 nitrogen and oxygen atoms in total. The minimum Gasteiger partial charge on any atom is -0.368 e. The normalized spacial score (nSPS) is 25.7. The van der Waals surface area contributed by atoms with Crippen molar-refractivity contribution in [1.82, 2.24) is 10.6 Å². The van der Waals surface area contributed by atoms with Gasteiger partial charge in [-0.2, -0.15) is 0 Å². The lowest BCUT2D eigenvalue weighted by atomic mass is 9.73. The number of hydrogen-bond donors (Lipinski definition) is 2. The van der Waals surface area contributed by atoms with E-state index in [0.717, 1.165) is 37.3 Å². The number of nitrogens with one attached hydrogen (secondary N) is 2. The van der Waals surface area contributed by atoms with E-state index in [9.17, 15) is 4.39 Å². The zero-order valence-corrected chi connectivity index (χ0v) is 15.0. The first-order chi connectivity index (χ1) is 12.8. The number of nitrogens with zero attached hydrogens (tertiary/aromatic N) is 1. The van der Waals surface area contributed by atoms with Gasteiger partial charge in [-0.05, 0) is 54.9 Å². The van der Waals surface area contributed by atoms with Crippen molar-refractivity contribution in [2.45, 2.75) is 43.7 Å². The number of aliphatic imine (C=N–C) groups is 1. The molecule has 4 rings (SSSR count). The zero-order chi connectivity index (χ0) is 17.8. The molecule has 0 unspecified atom stereocenters. The van der Waals surface area contributed by atoms with E-state index < -0.39 is 0 Å². The highest BCUT2D eigenvalue weighted by atomic mass is 19.1. The fraction of sp³-hybridized carbons (Fsp3) is 0.409. The van der Waals surface area contributed by atoms with E-state index in [1.165, 1.54) is 30.5 Å². The monoisotopic (exact) mass is 351 g/mol. The Labute approximate surface area is 154 Å². The van der Waals surface area contributed by atoms with Gasteiger partial charge in [0.25, 0.3) is 0 Å². The van der Waals surface area contributed by atoms with E-state index in [4.69, 9.17) is 4.99 Å². The van der Waals surface area contributed by atoms with Crippen LogP contribution in [0.2, 0.25) is 0 Å².